The van der Waals surface area contributed by atoms with E-state index in [-0.39, 0.29) is 11.5 Å². The van der Waals surface area contributed by atoms with Gasteiger partial charge in [-0.05, 0) is 37.6 Å². The highest BCUT2D eigenvalue weighted by Gasteiger charge is 2.40. The van der Waals surface area contributed by atoms with E-state index < -0.39 is 0 Å². The third kappa shape index (κ3) is 2.49. The van der Waals surface area contributed by atoms with Crippen LogP contribution in [-0.2, 0) is 5.41 Å². The standard InChI is InChI=1S/C14H20ClNO/c1-16-10-14(9-3-2-4-13(14)17)11-5-7-12(15)8-6-11/h5-8,13,16-17H,2-4,9-10H2,1H3. The lowest BCUT2D eigenvalue weighted by Gasteiger charge is -2.42. The number of aliphatic hydroxyl groups excluding tert-OH is 1. The summed E-state index contributed by atoms with van der Waals surface area (Å²) in [5.41, 5.74) is 1.06. The molecule has 2 N–H and O–H groups in total. The van der Waals surface area contributed by atoms with Crippen LogP contribution in [0.5, 0.6) is 0 Å². The van der Waals surface area contributed by atoms with Crippen LogP contribution < -0.4 is 5.32 Å². The van der Waals surface area contributed by atoms with Gasteiger partial charge >= 0.3 is 0 Å². The highest BCUT2D eigenvalue weighted by molar-refractivity contribution is 6.30. The van der Waals surface area contributed by atoms with Gasteiger partial charge < -0.3 is 10.4 Å². The van der Waals surface area contributed by atoms with Gasteiger partial charge in [-0.1, -0.05) is 36.6 Å². The summed E-state index contributed by atoms with van der Waals surface area (Å²) in [6.45, 7) is 0.815. The van der Waals surface area contributed by atoms with Crippen molar-refractivity contribution in [1.29, 1.82) is 0 Å². The molecule has 2 atom stereocenters. The molecule has 1 aliphatic rings. The molecule has 0 heterocycles. The molecule has 0 saturated heterocycles. The number of hydrogen-bond donors (Lipinski definition) is 2. The zero-order valence-electron chi connectivity index (χ0n) is 10.2. The number of nitrogens with one attached hydrogen (secondary N) is 1. The van der Waals surface area contributed by atoms with Gasteiger partial charge in [0.05, 0.1) is 6.10 Å². The lowest BCUT2D eigenvalue weighted by atomic mass is 9.67. The van der Waals surface area contributed by atoms with Gasteiger partial charge in [0.25, 0.3) is 0 Å². The largest absolute Gasteiger partial charge is 0.392 e. The van der Waals surface area contributed by atoms with Gasteiger partial charge in [0.1, 0.15) is 0 Å². The van der Waals surface area contributed by atoms with Crippen LogP contribution in [-0.4, -0.2) is 24.8 Å². The first-order valence-electron chi connectivity index (χ1n) is 6.28. The van der Waals surface area contributed by atoms with Gasteiger partial charge in [0, 0.05) is 17.0 Å². The summed E-state index contributed by atoms with van der Waals surface area (Å²) >= 11 is 5.93. The highest BCUT2D eigenvalue weighted by atomic mass is 35.5. The molecule has 2 unspecified atom stereocenters. The third-order valence-electron chi connectivity index (χ3n) is 3.90. The topological polar surface area (TPSA) is 32.3 Å². The maximum Gasteiger partial charge on any atom is 0.0649 e. The first-order chi connectivity index (χ1) is 8.19. The summed E-state index contributed by atoms with van der Waals surface area (Å²) in [7, 11) is 1.94. The third-order valence-corrected chi connectivity index (χ3v) is 4.15. The van der Waals surface area contributed by atoms with Crippen LogP contribution in [0.15, 0.2) is 24.3 Å². The van der Waals surface area contributed by atoms with E-state index >= 15 is 0 Å². The minimum atomic E-state index is -0.259. The van der Waals surface area contributed by atoms with Gasteiger partial charge in [0.15, 0.2) is 0 Å². The molecule has 0 bridgehead atoms. The van der Waals surface area contributed by atoms with Crippen LogP contribution in [0.4, 0.5) is 0 Å². The fourth-order valence-corrected chi connectivity index (χ4v) is 3.09. The molecule has 0 spiro atoms. The molecule has 1 aromatic rings. The number of aliphatic hydroxyl groups is 1. The number of likely N-dealkylation sites (N-methyl/N-ethyl adjacent to an activating group) is 1. The van der Waals surface area contributed by atoms with E-state index in [1.807, 2.05) is 31.3 Å². The molecule has 1 fully saturated rings. The molecule has 1 aliphatic carbocycles. The fourth-order valence-electron chi connectivity index (χ4n) is 2.96. The Hall–Kier alpha value is -0.570. The zero-order chi connectivity index (χ0) is 12.3. The van der Waals surface area contributed by atoms with E-state index in [4.69, 9.17) is 11.6 Å². The Bertz CT molecular complexity index is 361. The van der Waals surface area contributed by atoms with Crippen molar-refractivity contribution < 1.29 is 5.11 Å². The van der Waals surface area contributed by atoms with Crippen molar-refractivity contribution in [1.82, 2.24) is 5.32 Å². The smallest absolute Gasteiger partial charge is 0.0649 e. The first kappa shape index (κ1) is 12.9. The molecule has 0 aromatic heterocycles. The highest BCUT2D eigenvalue weighted by Crippen LogP contribution is 2.39. The maximum atomic E-state index is 10.4. The van der Waals surface area contributed by atoms with Crippen molar-refractivity contribution in [3.8, 4) is 0 Å². The average Bonchev–Trinajstić information content (AvgIpc) is 2.33. The lowest BCUT2D eigenvalue weighted by molar-refractivity contribution is 0.0424. The van der Waals surface area contributed by atoms with Gasteiger partial charge in [0.2, 0.25) is 0 Å². The number of hydrogen-bond acceptors (Lipinski definition) is 2. The second-order valence-electron chi connectivity index (χ2n) is 4.95. The van der Waals surface area contributed by atoms with E-state index in [9.17, 15) is 5.11 Å². The van der Waals surface area contributed by atoms with Gasteiger partial charge in [-0.3, -0.25) is 0 Å². The summed E-state index contributed by atoms with van der Waals surface area (Å²) in [4.78, 5) is 0. The molecule has 1 saturated carbocycles. The summed E-state index contributed by atoms with van der Waals surface area (Å²) < 4.78 is 0. The Kier molecular flexibility index (Phi) is 4.08. The molecule has 2 nitrogen and oxygen atoms in total. The second-order valence-corrected chi connectivity index (χ2v) is 5.39. The van der Waals surface area contributed by atoms with E-state index in [0.29, 0.717) is 0 Å². The van der Waals surface area contributed by atoms with E-state index in [2.05, 4.69) is 5.32 Å². The molecule has 0 radical (unpaired) electrons. The van der Waals surface area contributed by atoms with Crippen molar-refractivity contribution in [3.63, 3.8) is 0 Å². The molecule has 1 aromatic carbocycles. The quantitative estimate of drug-likeness (QED) is 0.868. The Morgan fingerprint density at radius 1 is 1.35 bits per heavy atom. The molecular weight excluding hydrogens is 234 g/mol. The SMILES string of the molecule is CNCC1(c2ccc(Cl)cc2)CCCCC1O. The Labute approximate surface area is 108 Å². The molecule has 2 rings (SSSR count). The summed E-state index contributed by atoms with van der Waals surface area (Å²) in [6.07, 6.45) is 3.98. The van der Waals surface area contributed by atoms with Gasteiger partial charge in [-0.2, -0.15) is 0 Å². The molecule has 94 valence electrons. The van der Waals surface area contributed by atoms with Crippen molar-refractivity contribution in [2.24, 2.45) is 0 Å². The zero-order valence-corrected chi connectivity index (χ0v) is 11.0. The van der Waals surface area contributed by atoms with Crippen LogP contribution in [0, 0.1) is 0 Å². The maximum absolute atomic E-state index is 10.4. The van der Waals surface area contributed by atoms with E-state index in [1.54, 1.807) is 0 Å². The Balaban J connectivity index is 2.35. The van der Waals surface area contributed by atoms with Crippen molar-refractivity contribution in [3.05, 3.63) is 34.9 Å². The monoisotopic (exact) mass is 253 g/mol. The van der Waals surface area contributed by atoms with Crippen LogP contribution in [0.2, 0.25) is 5.02 Å². The number of halogens is 1. The van der Waals surface area contributed by atoms with Crippen LogP contribution in [0.3, 0.4) is 0 Å². The summed E-state index contributed by atoms with van der Waals surface area (Å²) in [6, 6.07) is 7.92. The lowest BCUT2D eigenvalue weighted by Crippen LogP contribution is -2.48. The average molecular weight is 254 g/mol. The Morgan fingerprint density at radius 3 is 2.65 bits per heavy atom. The van der Waals surface area contributed by atoms with Crippen LogP contribution in [0.1, 0.15) is 31.2 Å². The minimum Gasteiger partial charge on any atom is -0.392 e. The fraction of sp³-hybridized carbons (Fsp3) is 0.571. The Morgan fingerprint density at radius 2 is 2.06 bits per heavy atom. The van der Waals surface area contributed by atoms with E-state index in [0.717, 1.165) is 30.8 Å². The molecule has 0 aliphatic heterocycles. The second kappa shape index (κ2) is 5.38. The van der Waals surface area contributed by atoms with Crippen molar-refractivity contribution in [2.45, 2.75) is 37.2 Å². The van der Waals surface area contributed by atoms with Crippen molar-refractivity contribution >= 4 is 11.6 Å². The van der Waals surface area contributed by atoms with Crippen LogP contribution in [0.25, 0.3) is 0 Å². The predicted octanol–water partition coefficient (Wildman–Crippen LogP) is 2.73. The van der Waals surface area contributed by atoms with Gasteiger partial charge in [-0.25, -0.2) is 0 Å². The molecule has 0 amide bonds. The predicted molar refractivity (Wildman–Crippen MR) is 71.5 cm³/mol. The minimum absolute atomic E-state index is 0.141. The van der Waals surface area contributed by atoms with E-state index in [1.165, 1.54) is 12.0 Å². The summed E-state index contributed by atoms with van der Waals surface area (Å²) in [5.74, 6) is 0. The van der Waals surface area contributed by atoms with Gasteiger partial charge in [-0.15, -0.1) is 0 Å². The number of benzene rings is 1. The molecule has 3 heteroatoms. The van der Waals surface area contributed by atoms with Crippen molar-refractivity contribution in [2.75, 3.05) is 13.6 Å². The molecule has 17 heavy (non-hydrogen) atoms. The molecular formula is C14H20ClNO. The summed E-state index contributed by atoms with van der Waals surface area (Å²) in [5, 5.41) is 14.4. The van der Waals surface area contributed by atoms with Crippen LogP contribution >= 0.6 is 11.6 Å². The normalized spacial score (nSPS) is 29.2. The number of rotatable bonds is 3. The first-order valence-corrected chi connectivity index (χ1v) is 6.65.